The summed E-state index contributed by atoms with van der Waals surface area (Å²) in [6.45, 7) is 5.82. The first-order valence-electron chi connectivity index (χ1n) is 9.82. The number of methoxy groups -OCH3 is 2. The van der Waals surface area contributed by atoms with Crippen molar-refractivity contribution in [3.05, 3.63) is 22.2 Å². The lowest BCUT2D eigenvalue weighted by atomic mass is 10.2. The number of ether oxygens (including phenoxy) is 4. The normalized spacial score (nSPS) is 11.2. The van der Waals surface area contributed by atoms with Crippen molar-refractivity contribution in [3.63, 3.8) is 0 Å². The van der Waals surface area contributed by atoms with Gasteiger partial charge in [-0.25, -0.2) is 0 Å². The maximum atomic E-state index is 6.04. The Kier molecular flexibility index (Phi) is 12.8. The van der Waals surface area contributed by atoms with Crippen LogP contribution < -0.4 is 9.47 Å². The van der Waals surface area contributed by atoms with Gasteiger partial charge in [0, 0.05) is 24.3 Å². The Labute approximate surface area is 167 Å². The van der Waals surface area contributed by atoms with Crippen molar-refractivity contribution < 1.29 is 18.9 Å². The summed E-state index contributed by atoms with van der Waals surface area (Å²) >= 11 is 3.60. The predicted molar refractivity (Wildman–Crippen MR) is 110 cm³/mol. The molecule has 0 unspecified atom stereocenters. The first-order valence-corrected chi connectivity index (χ1v) is 10.6. The van der Waals surface area contributed by atoms with E-state index in [4.69, 9.17) is 18.9 Å². The van der Waals surface area contributed by atoms with Gasteiger partial charge in [0.15, 0.2) is 17.8 Å². The lowest BCUT2D eigenvalue weighted by Gasteiger charge is -2.19. The Bertz CT molecular complexity index is 489. The molecule has 0 radical (unpaired) electrons. The average molecular weight is 431 g/mol. The predicted octanol–water partition coefficient (Wildman–Crippen LogP) is 6.66. The third kappa shape index (κ3) is 8.28. The zero-order valence-corrected chi connectivity index (χ0v) is 18.4. The SMILES string of the molecule is CCCCCCOc1cc(Br)c(C(OC)OC)cc1OCCCCCC. The van der Waals surface area contributed by atoms with Crippen LogP contribution in [-0.4, -0.2) is 27.4 Å². The van der Waals surface area contributed by atoms with Gasteiger partial charge in [-0.2, -0.15) is 0 Å². The molecule has 1 aromatic rings. The van der Waals surface area contributed by atoms with Crippen molar-refractivity contribution in [1.82, 2.24) is 0 Å². The van der Waals surface area contributed by atoms with E-state index in [0.29, 0.717) is 13.2 Å². The molecule has 0 aliphatic heterocycles. The Morgan fingerprint density at radius 3 is 1.73 bits per heavy atom. The molecular weight excluding hydrogens is 396 g/mol. The number of hydrogen-bond donors (Lipinski definition) is 0. The zero-order chi connectivity index (χ0) is 19.2. The lowest BCUT2D eigenvalue weighted by molar-refractivity contribution is -0.106. The minimum atomic E-state index is -0.439. The van der Waals surface area contributed by atoms with E-state index in [1.807, 2.05) is 12.1 Å². The fourth-order valence-electron chi connectivity index (χ4n) is 2.73. The molecule has 26 heavy (non-hydrogen) atoms. The standard InChI is InChI=1S/C21H35BrO4/c1-5-7-9-11-13-25-19-15-17(21(23-3)24-4)18(22)16-20(19)26-14-12-10-8-6-2/h15-16,21H,5-14H2,1-4H3. The molecule has 0 N–H and O–H groups in total. The number of rotatable bonds is 15. The number of hydrogen-bond acceptors (Lipinski definition) is 4. The quantitative estimate of drug-likeness (QED) is 0.230. The van der Waals surface area contributed by atoms with Gasteiger partial charge in [0.05, 0.1) is 13.2 Å². The van der Waals surface area contributed by atoms with E-state index in [0.717, 1.165) is 34.4 Å². The van der Waals surface area contributed by atoms with Crippen LogP contribution in [0, 0.1) is 0 Å². The van der Waals surface area contributed by atoms with Crippen LogP contribution in [0.4, 0.5) is 0 Å². The number of halogens is 1. The molecule has 0 saturated carbocycles. The molecular formula is C21H35BrO4. The summed E-state index contributed by atoms with van der Waals surface area (Å²) < 4.78 is 23.7. The van der Waals surface area contributed by atoms with E-state index >= 15 is 0 Å². The van der Waals surface area contributed by atoms with Gasteiger partial charge in [0.1, 0.15) is 0 Å². The molecule has 4 nitrogen and oxygen atoms in total. The first kappa shape index (κ1) is 23.3. The molecule has 0 aliphatic carbocycles. The number of unbranched alkanes of at least 4 members (excludes halogenated alkanes) is 6. The van der Waals surface area contributed by atoms with E-state index in [-0.39, 0.29) is 0 Å². The van der Waals surface area contributed by atoms with Crippen molar-refractivity contribution >= 4 is 15.9 Å². The van der Waals surface area contributed by atoms with Gasteiger partial charge in [0.25, 0.3) is 0 Å². The fraction of sp³-hybridized carbons (Fsp3) is 0.714. The molecule has 1 aromatic carbocycles. The molecule has 0 fully saturated rings. The summed E-state index contributed by atoms with van der Waals surface area (Å²) in [7, 11) is 3.26. The van der Waals surface area contributed by atoms with Crippen molar-refractivity contribution in [2.75, 3.05) is 27.4 Å². The van der Waals surface area contributed by atoms with Crippen LogP contribution in [0.25, 0.3) is 0 Å². The molecule has 0 heterocycles. The summed E-state index contributed by atoms with van der Waals surface area (Å²) in [5, 5.41) is 0. The molecule has 0 spiro atoms. The summed E-state index contributed by atoms with van der Waals surface area (Å²) in [6, 6.07) is 3.92. The average Bonchev–Trinajstić information content (AvgIpc) is 2.64. The molecule has 150 valence electrons. The topological polar surface area (TPSA) is 36.9 Å². The summed E-state index contributed by atoms with van der Waals surface area (Å²) in [4.78, 5) is 0. The maximum absolute atomic E-state index is 6.04. The third-order valence-corrected chi connectivity index (χ3v) is 4.94. The zero-order valence-electron chi connectivity index (χ0n) is 16.8. The second kappa shape index (κ2) is 14.3. The highest BCUT2D eigenvalue weighted by Crippen LogP contribution is 2.37. The summed E-state index contributed by atoms with van der Waals surface area (Å²) in [6.07, 6.45) is 8.98. The minimum absolute atomic E-state index is 0.439. The minimum Gasteiger partial charge on any atom is -0.490 e. The van der Waals surface area contributed by atoms with Gasteiger partial charge >= 0.3 is 0 Å². The molecule has 0 aromatic heterocycles. The van der Waals surface area contributed by atoms with Crippen LogP contribution in [0.15, 0.2) is 16.6 Å². The van der Waals surface area contributed by atoms with Crippen LogP contribution in [-0.2, 0) is 9.47 Å². The highest BCUT2D eigenvalue weighted by Gasteiger charge is 2.18. The maximum Gasteiger partial charge on any atom is 0.184 e. The van der Waals surface area contributed by atoms with Crippen LogP contribution in [0.5, 0.6) is 11.5 Å². The van der Waals surface area contributed by atoms with Gasteiger partial charge in [0.2, 0.25) is 0 Å². The van der Waals surface area contributed by atoms with Crippen molar-refractivity contribution in [3.8, 4) is 11.5 Å². The monoisotopic (exact) mass is 430 g/mol. The van der Waals surface area contributed by atoms with E-state index in [9.17, 15) is 0 Å². The fourth-order valence-corrected chi connectivity index (χ4v) is 3.24. The highest BCUT2D eigenvalue weighted by molar-refractivity contribution is 9.10. The van der Waals surface area contributed by atoms with Crippen molar-refractivity contribution in [2.45, 2.75) is 71.5 Å². The van der Waals surface area contributed by atoms with Crippen LogP contribution in [0.2, 0.25) is 0 Å². The van der Waals surface area contributed by atoms with Gasteiger partial charge in [-0.3, -0.25) is 0 Å². The molecule has 5 heteroatoms. The molecule has 1 rings (SSSR count). The molecule has 0 amide bonds. The van der Waals surface area contributed by atoms with E-state index in [1.54, 1.807) is 14.2 Å². The third-order valence-electron chi connectivity index (χ3n) is 4.26. The second-order valence-corrected chi connectivity index (χ2v) is 7.30. The Morgan fingerprint density at radius 2 is 1.27 bits per heavy atom. The molecule has 0 bridgehead atoms. The molecule has 0 aliphatic rings. The van der Waals surface area contributed by atoms with Crippen molar-refractivity contribution in [2.24, 2.45) is 0 Å². The van der Waals surface area contributed by atoms with E-state index < -0.39 is 6.29 Å². The van der Waals surface area contributed by atoms with Gasteiger partial charge in [-0.05, 0) is 25.0 Å². The highest BCUT2D eigenvalue weighted by atomic mass is 79.9. The largest absolute Gasteiger partial charge is 0.490 e. The molecule has 0 atom stereocenters. The summed E-state index contributed by atoms with van der Waals surface area (Å²) in [5.74, 6) is 1.54. The van der Waals surface area contributed by atoms with Crippen LogP contribution in [0.3, 0.4) is 0 Å². The second-order valence-electron chi connectivity index (χ2n) is 6.44. The van der Waals surface area contributed by atoms with Gasteiger partial charge < -0.3 is 18.9 Å². The van der Waals surface area contributed by atoms with Gasteiger partial charge in [-0.1, -0.05) is 68.3 Å². The Hall–Kier alpha value is -0.780. The van der Waals surface area contributed by atoms with E-state index in [2.05, 4.69) is 29.8 Å². The van der Waals surface area contributed by atoms with E-state index in [1.165, 1.54) is 38.5 Å². The van der Waals surface area contributed by atoms with Gasteiger partial charge in [-0.15, -0.1) is 0 Å². The van der Waals surface area contributed by atoms with Crippen molar-refractivity contribution in [1.29, 1.82) is 0 Å². The van der Waals surface area contributed by atoms with Crippen LogP contribution in [0.1, 0.15) is 77.1 Å². The number of benzene rings is 1. The Morgan fingerprint density at radius 1 is 0.769 bits per heavy atom. The first-order chi connectivity index (χ1) is 12.7. The van der Waals surface area contributed by atoms with Crippen LogP contribution >= 0.6 is 15.9 Å². The summed E-state index contributed by atoms with van der Waals surface area (Å²) in [5.41, 5.74) is 0.900. The smallest absolute Gasteiger partial charge is 0.184 e. The lowest BCUT2D eigenvalue weighted by Crippen LogP contribution is -2.08. The molecule has 0 saturated heterocycles. The Balaban J connectivity index is 2.81.